The standard InChI is InChI=1S/C9H12O3/c1-7(11)5-9(3-4-10)6-8(2)12/h3-4H,5-6H2,1-2H3. The van der Waals surface area contributed by atoms with Crippen LogP contribution in [0.5, 0.6) is 0 Å². The van der Waals surface area contributed by atoms with Crippen LogP contribution in [0, 0.1) is 0 Å². The number of hydrogen-bond acceptors (Lipinski definition) is 3. The maximum Gasteiger partial charge on any atom is 0.142 e. The van der Waals surface area contributed by atoms with Gasteiger partial charge in [0.15, 0.2) is 0 Å². The summed E-state index contributed by atoms with van der Waals surface area (Å²) in [5, 5.41) is 0. The summed E-state index contributed by atoms with van der Waals surface area (Å²) in [5.74, 6) is -0.0753. The Hall–Kier alpha value is -1.25. The molecular weight excluding hydrogens is 156 g/mol. The van der Waals surface area contributed by atoms with Crippen LogP contribution in [0.25, 0.3) is 0 Å². The Morgan fingerprint density at radius 3 is 1.75 bits per heavy atom. The van der Waals surface area contributed by atoms with Gasteiger partial charge >= 0.3 is 0 Å². The molecule has 0 bridgehead atoms. The second-order valence-electron chi connectivity index (χ2n) is 2.72. The van der Waals surface area contributed by atoms with Gasteiger partial charge in [0.2, 0.25) is 0 Å². The van der Waals surface area contributed by atoms with E-state index < -0.39 is 0 Å². The molecule has 0 radical (unpaired) electrons. The van der Waals surface area contributed by atoms with E-state index in [2.05, 4.69) is 0 Å². The van der Waals surface area contributed by atoms with Gasteiger partial charge < -0.3 is 0 Å². The predicted octanol–water partition coefficient (Wildman–Crippen LogP) is 1.07. The lowest BCUT2D eigenvalue weighted by atomic mass is 10.0. The van der Waals surface area contributed by atoms with E-state index in [0.717, 1.165) is 0 Å². The highest BCUT2D eigenvalue weighted by molar-refractivity contribution is 5.84. The summed E-state index contributed by atoms with van der Waals surface area (Å²) in [7, 11) is 0. The fraction of sp³-hybridized carbons (Fsp3) is 0.444. The van der Waals surface area contributed by atoms with Crippen molar-refractivity contribution < 1.29 is 14.4 Å². The Morgan fingerprint density at radius 2 is 1.50 bits per heavy atom. The van der Waals surface area contributed by atoms with Crippen LogP contribution in [0.15, 0.2) is 11.6 Å². The van der Waals surface area contributed by atoms with Crippen molar-refractivity contribution in [2.45, 2.75) is 26.7 Å². The van der Waals surface area contributed by atoms with Gasteiger partial charge in [-0.2, -0.15) is 0 Å². The Balaban J connectivity index is 4.23. The number of ketones is 2. The molecule has 0 aromatic carbocycles. The molecule has 0 saturated heterocycles. The van der Waals surface area contributed by atoms with Crippen LogP contribution in [0.4, 0.5) is 0 Å². The van der Waals surface area contributed by atoms with Crippen LogP contribution in [-0.4, -0.2) is 17.9 Å². The number of hydrogen-bond donors (Lipinski definition) is 0. The first-order valence-corrected chi connectivity index (χ1v) is 3.68. The number of Topliss-reactive ketones (excluding diaryl/α,β-unsaturated/α-hetero) is 2. The first-order valence-electron chi connectivity index (χ1n) is 3.68. The molecule has 3 heteroatoms. The minimum absolute atomic E-state index is 0.0376. The van der Waals surface area contributed by atoms with Gasteiger partial charge in [-0.3, -0.25) is 14.4 Å². The summed E-state index contributed by atoms with van der Waals surface area (Å²) in [6.45, 7) is 2.86. The quantitative estimate of drug-likeness (QED) is 0.455. The lowest BCUT2D eigenvalue weighted by molar-refractivity contribution is -0.116. The van der Waals surface area contributed by atoms with Gasteiger partial charge in [-0.1, -0.05) is 5.57 Å². The van der Waals surface area contributed by atoms with Crippen molar-refractivity contribution >= 4 is 17.9 Å². The third-order valence-electron chi connectivity index (χ3n) is 1.26. The van der Waals surface area contributed by atoms with E-state index in [1.807, 2.05) is 0 Å². The lowest BCUT2D eigenvalue weighted by Gasteiger charge is -1.99. The van der Waals surface area contributed by atoms with Gasteiger partial charge in [0, 0.05) is 12.8 Å². The maximum absolute atomic E-state index is 10.6. The van der Waals surface area contributed by atoms with Gasteiger partial charge in [-0.05, 0) is 19.9 Å². The summed E-state index contributed by atoms with van der Waals surface area (Å²) in [6, 6.07) is 0. The molecular formula is C9H12O3. The topological polar surface area (TPSA) is 51.2 Å². The molecule has 0 amide bonds. The van der Waals surface area contributed by atoms with Crippen molar-refractivity contribution in [3.05, 3.63) is 11.6 Å². The van der Waals surface area contributed by atoms with Crippen LogP contribution in [-0.2, 0) is 14.4 Å². The molecule has 0 atom stereocenters. The van der Waals surface area contributed by atoms with Crippen molar-refractivity contribution in [1.29, 1.82) is 0 Å². The zero-order valence-electron chi connectivity index (χ0n) is 7.29. The zero-order valence-corrected chi connectivity index (χ0v) is 7.29. The van der Waals surface area contributed by atoms with Crippen LogP contribution < -0.4 is 0 Å². The van der Waals surface area contributed by atoms with Gasteiger partial charge in [-0.15, -0.1) is 0 Å². The van der Waals surface area contributed by atoms with Crippen molar-refractivity contribution in [2.24, 2.45) is 0 Å². The van der Waals surface area contributed by atoms with Crippen LogP contribution in [0.2, 0.25) is 0 Å². The number of carbonyl (C=O) groups excluding carboxylic acids is 3. The Morgan fingerprint density at radius 1 is 1.08 bits per heavy atom. The molecule has 3 nitrogen and oxygen atoms in total. The van der Waals surface area contributed by atoms with Crippen LogP contribution >= 0.6 is 0 Å². The molecule has 0 fully saturated rings. The number of carbonyl (C=O) groups is 3. The molecule has 0 unspecified atom stereocenters. The largest absolute Gasteiger partial charge is 0.300 e. The highest BCUT2D eigenvalue weighted by Gasteiger charge is 2.03. The molecule has 0 aromatic heterocycles. The fourth-order valence-corrected chi connectivity index (χ4v) is 0.916. The van der Waals surface area contributed by atoms with Crippen LogP contribution in [0.1, 0.15) is 26.7 Å². The molecule has 0 aliphatic heterocycles. The first-order chi connectivity index (χ1) is 5.56. The average Bonchev–Trinajstić information content (AvgIpc) is 1.84. The number of allylic oxidation sites excluding steroid dienone is 2. The van der Waals surface area contributed by atoms with Gasteiger partial charge in [0.25, 0.3) is 0 Å². The second kappa shape index (κ2) is 5.41. The monoisotopic (exact) mass is 168 g/mol. The summed E-state index contributed by atoms with van der Waals surface area (Å²) in [6.07, 6.45) is 2.26. The Bertz CT molecular complexity index is 208. The van der Waals surface area contributed by atoms with Crippen molar-refractivity contribution in [3.63, 3.8) is 0 Å². The first kappa shape index (κ1) is 10.8. The van der Waals surface area contributed by atoms with Crippen LogP contribution in [0.3, 0.4) is 0 Å². The molecule has 0 N–H and O–H groups in total. The molecule has 0 heterocycles. The predicted molar refractivity (Wildman–Crippen MR) is 44.7 cm³/mol. The third-order valence-corrected chi connectivity index (χ3v) is 1.26. The van der Waals surface area contributed by atoms with Gasteiger partial charge in [0.1, 0.15) is 17.9 Å². The third kappa shape index (κ3) is 5.53. The molecule has 12 heavy (non-hydrogen) atoms. The Labute approximate surface area is 71.5 Å². The zero-order chi connectivity index (χ0) is 9.56. The SMILES string of the molecule is CC(=O)CC(=CC=O)CC(C)=O. The highest BCUT2D eigenvalue weighted by Crippen LogP contribution is 2.06. The van der Waals surface area contributed by atoms with Crippen molar-refractivity contribution in [1.82, 2.24) is 0 Å². The van der Waals surface area contributed by atoms with Gasteiger partial charge in [0.05, 0.1) is 0 Å². The molecule has 0 aromatic rings. The van der Waals surface area contributed by atoms with Crippen molar-refractivity contribution in [2.75, 3.05) is 0 Å². The highest BCUT2D eigenvalue weighted by atomic mass is 16.1. The average molecular weight is 168 g/mol. The molecule has 66 valence electrons. The summed E-state index contributed by atoms with van der Waals surface area (Å²) >= 11 is 0. The lowest BCUT2D eigenvalue weighted by Crippen LogP contribution is -1.99. The number of aldehydes is 1. The molecule has 0 aliphatic rings. The van der Waals surface area contributed by atoms with E-state index in [1.54, 1.807) is 0 Å². The minimum atomic E-state index is -0.0376. The second-order valence-corrected chi connectivity index (χ2v) is 2.72. The normalized spacial score (nSPS) is 8.83. The van der Waals surface area contributed by atoms with Crippen molar-refractivity contribution in [3.8, 4) is 0 Å². The minimum Gasteiger partial charge on any atom is -0.300 e. The van der Waals surface area contributed by atoms with E-state index in [0.29, 0.717) is 11.9 Å². The summed E-state index contributed by atoms with van der Waals surface area (Å²) in [4.78, 5) is 31.4. The summed E-state index contributed by atoms with van der Waals surface area (Å²) < 4.78 is 0. The smallest absolute Gasteiger partial charge is 0.142 e. The van der Waals surface area contributed by atoms with Gasteiger partial charge in [-0.25, -0.2) is 0 Å². The molecule has 0 rings (SSSR count). The fourth-order valence-electron chi connectivity index (χ4n) is 0.916. The van der Waals surface area contributed by atoms with E-state index in [9.17, 15) is 14.4 Å². The van der Waals surface area contributed by atoms with E-state index >= 15 is 0 Å². The molecule has 0 spiro atoms. The number of rotatable bonds is 5. The molecule has 0 aliphatic carbocycles. The molecule has 0 saturated carbocycles. The van der Waals surface area contributed by atoms with E-state index in [-0.39, 0.29) is 24.4 Å². The summed E-state index contributed by atoms with van der Waals surface area (Å²) in [5.41, 5.74) is 0.588. The van der Waals surface area contributed by atoms with E-state index in [4.69, 9.17) is 0 Å². The van der Waals surface area contributed by atoms with E-state index in [1.165, 1.54) is 19.9 Å². The Kier molecular flexibility index (Phi) is 4.84. The maximum atomic E-state index is 10.6.